The van der Waals surface area contributed by atoms with E-state index in [1.807, 2.05) is 48.5 Å². The van der Waals surface area contributed by atoms with Crippen molar-refractivity contribution in [2.45, 2.75) is 6.92 Å². The van der Waals surface area contributed by atoms with E-state index in [-0.39, 0.29) is 0 Å². The summed E-state index contributed by atoms with van der Waals surface area (Å²) in [7, 11) is 0. The molecule has 0 aliphatic heterocycles. The number of hydrogen-bond donors (Lipinski definition) is 2. The molecule has 0 aliphatic carbocycles. The number of rotatable bonds is 2. The van der Waals surface area contributed by atoms with Crippen molar-refractivity contribution in [2.75, 3.05) is 0 Å². The summed E-state index contributed by atoms with van der Waals surface area (Å²) in [4.78, 5) is 14.4. The maximum atomic E-state index is 11.3. The molecule has 0 fully saturated rings. The van der Waals surface area contributed by atoms with Crippen molar-refractivity contribution < 1.29 is 9.90 Å². The molecule has 1 heterocycles. The molecule has 3 aromatic rings. The number of H-pyrrole nitrogens is 1. The van der Waals surface area contributed by atoms with Crippen LogP contribution in [0.1, 0.15) is 16.1 Å². The van der Waals surface area contributed by atoms with Gasteiger partial charge >= 0.3 is 5.97 Å². The lowest BCUT2D eigenvalue weighted by Crippen LogP contribution is -1.97. The van der Waals surface area contributed by atoms with Crippen LogP contribution < -0.4 is 0 Å². The zero-order chi connectivity index (χ0) is 13.4. The average Bonchev–Trinajstić information content (AvgIpc) is 2.74. The SMILES string of the molecule is Cc1[nH]c2ccc(-c3ccccc3)cc2c1C(=O)O. The van der Waals surface area contributed by atoms with E-state index in [1.54, 1.807) is 6.92 Å². The van der Waals surface area contributed by atoms with E-state index in [1.165, 1.54) is 0 Å². The minimum absolute atomic E-state index is 0.354. The Morgan fingerprint density at radius 1 is 1.05 bits per heavy atom. The molecule has 0 radical (unpaired) electrons. The van der Waals surface area contributed by atoms with Gasteiger partial charge in [0.15, 0.2) is 0 Å². The van der Waals surface area contributed by atoms with E-state index in [0.29, 0.717) is 11.3 Å². The largest absolute Gasteiger partial charge is 0.478 e. The van der Waals surface area contributed by atoms with Crippen LogP contribution in [0.4, 0.5) is 0 Å². The standard InChI is InChI=1S/C16H13NO2/c1-10-15(16(18)19)13-9-12(7-8-14(13)17-10)11-5-3-2-4-6-11/h2-9,17H,1H3,(H,18,19). The smallest absolute Gasteiger partial charge is 0.338 e. The quantitative estimate of drug-likeness (QED) is 0.727. The molecule has 0 saturated carbocycles. The van der Waals surface area contributed by atoms with E-state index in [2.05, 4.69) is 4.98 Å². The number of hydrogen-bond acceptors (Lipinski definition) is 1. The number of benzene rings is 2. The van der Waals surface area contributed by atoms with Crippen molar-refractivity contribution in [1.29, 1.82) is 0 Å². The molecule has 19 heavy (non-hydrogen) atoms. The minimum Gasteiger partial charge on any atom is -0.478 e. The van der Waals surface area contributed by atoms with Crippen LogP contribution in [0.15, 0.2) is 48.5 Å². The molecular formula is C16H13NO2. The Morgan fingerprint density at radius 3 is 2.47 bits per heavy atom. The molecule has 0 spiro atoms. The molecule has 3 heteroatoms. The molecule has 2 N–H and O–H groups in total. The predicted octanol–water partition coefficient (Wildman–Crippen LogP) is 3.84. The summed E-state index contributed by atoms with van der Waals surface area (Å²) >= 11 is 0. The summed E-state index contributed by atoms with van der Waals surface area (Å²) in [6, 6.07) is 15.8. The zero-order valence-corrected chi connectivity index (χ0v) is 10.5. The van der Waals surface area contributed by atoms with E-state index >= 15 is 0 Å². The van der Waals surface area contributed by atoms with Gasteiger partial charge in [0.25, 0.3) is 0 Å². The Bertz CT molecular complexity index is 757. The molecule has 3 rings (SSSR count). The summed E-state index contributed by atoms with van der Waals surface area (Å²) in [5.41, 5.74) is 4.00. The summed E-state index contributed by atoms with van der Waals surface area (Å²) in [6.07, 6.45) is 0. The van der Waals surface area contributed by atoms with Gasteiger partial charge in [0, 0.05) is 16.6 Å². The zero-order valence-electron chi connectivity index (χ0n) is 10.5. The van der Waals surface area contributed by atoms with Gasteiger partial charge in [-0.2, -0.15) is 0 Å². The number of carboxylic acids is 1. The second kappa shape index (κ2) is 4.28. The Labute approximate surface area is 110 Å². The first-order valence-corrected chi connectivity index (χ1v) is 6.08. The van der Waals surface area contributed by atoms with Crippen molar-refractivity contribution in [3.8, 4) is 11.1 Å². The van der Waals surface area contributed by atoms with Crippen LogP contribution in [0, 0.1) is 6.92 Å². The fraction of sp³-hybridized carbons (Fsp3) is 0.0625. The van der Waals surface area contributed by atoms with Crippen molar-refractivity contribution in [3.05, 3.63) is 59.8 Å². The maximum absolute atomic E-state index is 11.3. The molecule has 94 valence electrons. The van der Waals surface area contributed by atoms with E-state index in [0.717, 1.165) is 22.0 Å². The fourth-order valence-electron chi connectivity index (χ4n) is 2.41. The monoisotopic (exact) mass is 251 g/mol. The molecule has 0 amide bonds. The molecule has 1 aromatic heterocycles. The maximum Gasteiger partial charge on any atom is 0.338 e. The Balaban J connectivity index is 2.25. The van der Waals surface area contributed by atoms with Crippen LogP contribution in [0.3, 0.4) is 0 Å². The van der Waals surface area contributed by atoms with Gasteiger partial charge in [-0.3, -0.25) is 0 Å². The Morgan fingerprint density at radius 2 is 1.79 bits per heavy atom. The van der Waals surface area contributed by atoms with Gasteiger partial charge in [0.1, 0.15) is 0 Å². The van der Waals surface area contributed by atoms with Crippen LogP contribution in [-0.4, -0.2) is 16.1 Å². The predicted molar refractivity (Wildman–Crippen MR) is 75.4 cm³/mol. The van der Waals surface area contributed by atoms with Gasteiger partial charge in [0.05, 0.1) is 5.56 Å². The number of carboxylic acid groups (broad SMARTS) is 1. The summed E-state index contributed by atoms with van der Waals surface area (Å²) < 4.78 is 0. The topological polar surface area (TPSA) is 53.1 Å². The highest BCUT2D eigenvalue weighted by Gasteiger charge is 2.15. The number of carbonyl (C=O) groups is 1. The number of aromatic carboxylic acids is 1. The lowest BCUT2D eigenvalue weighted by atomic mass is 10.0. The third-order valence-electron chi connectivity index (χ3n) is 3.31. The van der Waals surface area contributed by atoms with Crippen LogP contribution in [-0.2, 0) is 0 Å². The number of aromatic amines is 1. The Kier molecular flexibility index (Phi) is 2.60. The second-order valence-corrected chi connectivity index (χ2v) is 4.56. The van der Waals surface area contributed by atoms with Gasteiger partial charge in [-0.1, -0.05) is 36.4 Å². The van der Waals surface area contributed by atoms with Crippen LogP contribution in [0.25, 0.3) is 22.0 Å². The summed E-state index contributed by atoms with van der Waals surface area (Å²) in [6.45, 7) is 1.78. The van der Waals surface area contributed by atoms with Crippen molar-refractivity contribution in [2.24, 2.45) is 0 Å². The number of fused-ring (bicyclic) bond motifs is 1. The van der Waals surface area contributed by atoms with E-state index < -0.39 is 5.97 Å². The molecule has 0 bridgehead atoms. The molecule has 2 aromatic carbocycles. The van der Waals surface area contributed by atoms with Crippen molar-refractivity contribution in [3.63, 3.8) is 0 Å². The molecule has 0 aliphatic rings. The van der Waals surface area contributed by atoms with Crippen LogP contribution in [0.2, 0.25) is 0 Å². The molecule has 0 atom stereocenters. The highest BCUT2D eigenvalue weighted by atomic mass is 16.4. The van der Waals surface area contributed by atoms with Crippen molar-refractivity contribution >= 4 is 16.9 Å². The van der Waals surface area contributed by atoms with Gasteiger partial charge in [0.2, 0.25) is 0 Å². The highest BCUT2D eigenvalue weighted by Crippen LogP contribution is 2.28. The third-order valence-corrected chi connectivity index (χ3v) is 3.31. The first kappa shape index (κ1) is 11.5. The van der Waals surface area contributed by atoms with E-state index in [4.69, 9.17) is 0 Å². The number of aromatic nitrogens is 1. The second-order valence-electron chi connectivity index (χ2n) is 4.56. The van der Waals surface area contributed by atoms with E-state index in [9.17, 15) is 9.90 Å². The average molecular weight is 251 g/mol. The van der Waals surface area contributed by atoms with Gasteiger partial charge < -0.3 is 10.1 Å². The summed E-state index contributed by atoms with van der Waals surface area (Å²) in [5, 5.41) is 10.0. The van der Waals surface area contributed by atoms with Crippen molar-refractivity contribution in [1.82, 2.24) is 4.98 Å². The van der Waals surface area contributed by atoms with Crippen LogP contribution in [0.5, 0.6) is 0 Å². The van der Waals surface area contributed by atoms with Gasteiger partial charge in [-0.25, -0.2) is 4.79 Å². The number of aryl methyl sites for hydroxylation is 1. The fourth-order valence-corrected chi connectivity index (χ4v) is 2.41. The first-order valence-electron chi connectivity index (χ1n) is 6.08. The highest BCUT2D eigenvalue weighted by molar-refractivity contribution is 6.05. The molecular weight excluding hydrogens is 238 g/mol. The number of nitrogens with one attached hydrogen (secondary N) is 1. The molecule has 0 saturated heterocycles. The lowest BCUT2D eigenvalue weighted by molar-refractivity contribution is 0.0698. The first-order chi connectivity index (χ1) is 9.16. The normalized spacial score (nSPS) is 10.8. The van der Waals surface area contributed by atoms with Crippen LogP contribution >= 0.6 is 0 Å². The van der Waals surface area contributed by atoms with Gasteiger partial charge in [-0.15, -0.1) is 0 Å². The third kappa shape index (κ3) is 1.89. The molecule has 3 nitrogen and oxygen atoms in total. The minimum atomic E-state index is -0.894. The summed E-state index contributed by atoms with van der Waals surface area (Å²) in [5.74, 6) is -0.894. The van der Waals surface area contributed by atoms with Gasteiger partial charge in [-0.05, 0) is 30.2 Å². The lowest BCUT2D eigenvalue weighted by Gasteiger charge is -2.02. The molecule has 0 unspecified atom stereocenters. The Hall–Kier alpha value is -2.55.